The zero-order valence-electron chi connectivity index (χ0n) is 25.5. The fourth-order valence-electron chi connectivity index (χ4n) is 7.81. The molecule has 2 amide bonds. The van der Waals surface area contributed by atoms with Crippen molar-refractivity contribution < 1.29 is 18.3 Å². The summed E-state index contributed by atoms with van der Waals surface area (Å²) in [5.74, 6) is -0.352. The summed E-state index contributed by atoms with van der Waals surface area (Å²) in [7, 11) is 3.48. The largest absolute Gasteiger partial charge is 0.496 e. The average molecular weight is 606 g/mol. The van der Waals surface area contributed by atoms with E-state index in [1.165, 1.54) is 12.1 Å². The third-order valence-corrected chi connectivity index (χ3v) is 10.2. The van der Waals surface area contributed by atoms with E-state index in [9.17, 15) is 18.4 Å². The van der Waals surface area contributed by atoms with Crippen LogP contribution in [-0.4, -0.2) is 65.2 Å². The summed E-state index contributed by atoms with van der Waals surface area (Å²) in [5, 5.41) is 3.28. The highest BCUT2D eigenvalue weighted by atomic mass is 19.1. The van der Waals surface area contributed by atoms with E-state index in [2.05, 4.69) is 10.3 Å². The van der Waals surface area contributed by atoms with Crippen molar-refractivity contribution in [1.29, 1.82) is 0 Å². The summed E-state index contributed by atoms with van der Waals surface area (Å²) in [5.41, 5.74) is 1.51. The molecule has 1 N–H and O–H groups in total. The SMILES string of the molecule is CN[C@@H]1CCN(C(=O)N2CC[C@@H](Cn3cnc(-c4ccccc4OC)cc3=O)C3(CCCC3)C2)C(c2ccc(F)cc2F)C1. The maximum atomic E-state index is 15.0. The Hall–Kier alpha value is -3.79. The molecule has 0 bridgehead atoms. The van der Waals surface area contributed by atoms with Crippen molar-refractivity contribution >= 4 is 6.03 Å². The first-order valence-electron chi connectivity index (χ1n) is 15.7. The molecule has 1 unspecified atom stereocenters. The Labute approximate surface area is 257 Å². The van der Waals surface area contributed by atoms with Gasteiger partial charge >= 0.3 is 6.03 Å². The second-order valence-electron chi connectivity index (χ2n) is 12.6. The van der Waals surface area contributed by atoms with Crippen LogP contribution in [0.2, 0.25) is 0 Å². The van der Waals surface area contributed by atoms with E-state index in [0.717, 1.165) is 50.2 Å². The first-order valence-corrected chi connectivity index (χ1v) is 15.7. The lowest BCUT2D eigenvalue weighted by atomic mass is 9.69. The number of carbonyl (C=O) groups is 1. The maximum absolute atomic E-state index is 15.0. The van der Waals surface area contributed by atoms with Crippen LogP contribution in [0.4, 0.5) is 13.6 Å². The summed E-state index contributed by atoms with van der Waals surface area (Å²) in [4.78, 5) is 35.8. The van der Waals surface area contributed by atoms with Gasteiger partial charge in [0.05, 0.1) is 25.2 Å². The van der Waals surface area contributed by atoms with Crippen LogP contribution in [-0.2, 0) is 6.54 Å². The summed E-state index contributed by atoms with van der Waals surface area (Å²) >= 11 is 0. The molecule has 6 rings (SSSR count). The number of rotatable bonds is 6. The number of methoxy groups -OCH3 is 1. The normalized spacial score (nSPS) is 23.2. The molecule has 2 saturated heterocycles. The van der Waals surface area contributed by atoms with Crippen LogP contribution in [0.3, 0.4) is 0 Å². The molecule has 8 nitrogen and oxygen atoms in total. The van der Waals surface area contributed by atoms with Crippen molar-refractivity contribution in [2.75, 3.05) is 33.8 Å². The fourth-order valence-corrected chi connectivity index (χ4v) is 7.81. The second kappa shape index (κ2) is 12.7. The molecular weight excluding hydrogens is 564 g/mol. The molecule has 3 heterocycles. The third kappa shape index (κ3) is 5.84. The lowest BCUT2D eigenvalue weighted by Gasteiger charge is -2.49. The van der Waals surface area contributed by atoms with E-state index in [4.69, 9.17) is 4.74 Å². The van der Waals surface area contributed by atoms with Crippen LogP contribution in [0.15, 0.2) is 59.7 Å². The predicted octanol–water partition coefficient (Wildman–Crippen LogP) is 5.62. The smallest absolute Gasteiger partial charge is 0.320 e. The molecular formula is C34H41F2N5O3. The Balaban J connectivity index is 1.21. The highest BCUT2D eigenvalue weighted by Gasteiger charge is 2.47. The lowest BCUT2D eigenvalue weighted by Crippen LogP contribution is -2.57. The Kier molecular flexibility index (Phi) is 8.71. The van der Waals surface area contributed by atoms with E-state index in [1.54, 1.807) is 29.0 Å². The van der Waals surface area contributed by atoms with Gasteiger partial charge in [-0.2, -0.15) is 0 Å². The fraction of sp³-hybridized carbons (Fsp3) is 0.500. The van der Waals surface area contributed by atoms with Gasteiger partial charge < -0.3 is 19.9 Å². The van der Waals surface area contributed by atoms with Gasteiger partial charge in [0.25, 0.3) is 5.56 Å². The topological polar surface area (TPSA) is 79.7 Å². The highest BCUT2D eigenvalue weighted by Crippen LogP contribution is 2.49. The monoisotopic (exact) mass is 605 g/mol. The number of ether oxygens (including phenoxy) is 1. The Morgan fingerprint density at radius 1 is 1.09 bits per heavy atom. The minimum absolute atomic E-state index is 0.0852. The standard InChI is InChI=1S/C34H41F2N5O3/c1-37-25-12-16-41(30(18-25)26-10-9-24(35)17-28(26)36)33(43)39-15-11-23(34(21-39)13-5-6-14-34)20-40-22-38-29(19-32(40)42)27-7-3-4-8-31(27)44-2/h3-4,7-10,17,19,22-23,25,30,37H,5-6,11-16,18,20-21H2,1-2H3/t23-,25+,30?/m0/s1. The summed E-state index contributed by atoms with van der Waals surface area (Å²) in [6.07, 6.45) is 7.93. The molecule has 2 aliphatic heterocycles. The number of para-hydroxylation sites is 1. The van der Waals surface area contributed by atoms with Gasteiger partial charge in [-0.1, -0.05) is 31.0 Å². The number of carbonyl (C=O) groups excluding carboxylic acids is 1. The van der Waals surface area contributed by atoms with Crippen LogP contribution in [0.5, 0.6) is 5.75 Å². The number of aromatic nitrogens is 2. The van der Waals surface area contributed by atoms with E-state index >= 15 is 0 Å². The summed E-state index contributed by atoms with van der Waals surface area (Å²) in [6.45, 7) is 2.23. The van der Waals surface area contributed by atoms with Gasteiger partial charge in [0.15, 0.2) is 0 Å². The van der Waals surface area contributed by atoms with Crippen molar-refractivity contribution in [2.45, 2.75) is 63.6 Å². The van der Waals surface area contributed by atoms with E-state index in [-0.39, 0.29) is 29.0 Å². The zero-order valence-corrected chi connectivity index (χ0v) is 25.5. The molecule has 1 saturated carbocycles. The van der Waals surface area contributed by atoms with Gasteiger partial charge in [0, 0.05) is 55.5 Å². The molecule has 10 heteroatoms. The van der Waals surface area contributed by atoms with Crippen molar-refractivity contribution in [1.82, 2.24) is 24.7 Å². The number of urea groups is 1. The maximum Gasteiger partial charge on any atom is 0.320 e. The van der Waals surface area contributed by atoms with Gasteiger partial charge in [-0.15, -0.1) is 0 Å². The Morgan fingerprint density at radius 3 is 2.61 bits per heavy atom. The molecule has 234 valence electrons. The highest BCUT2D eigenvalue weighted by molar-refractivity contribution is 5.75. The van der Waals surface area contributed by atoms with Gasteiger partial charge in [-0.25, -0.2) is 18.6 Å². The van der Waals surface area contributed by atoms with Crippen molar-refractivity contribution in [3.05, 3.63) is 82.4 Å². The number of halogens is 2. The molecule has 1 aromatic heterocycles. The van der Waals surface area contributed by atoms with Crippen molar-refractivity contribution in [3.8, 4) is 17.0 Å². The van der Waals surface area contributed by atoms with E-state index < -0.39 is 17.7 Å². The van der Waals surface area contributed by atoms with Gasteiger partial charge in [0.2, 0.25) is 0 Å². The number of nitrogens with one attached hydrogen (secondary N) is 1. The number of piperidine rings is 2. The molecule has 3 atom stereocenters. The zero-order chi connectivity index (χ0) is 30.8. The molecule has 44 heavy (non-hydrogen) atoms. The quantitative estimate of drug-likeness (QED) is 0.395. The lowest BCUT2D eigenvalue weighted by molar-refractivity contribution is 0.0205. The van der Waals surface area contributed by atoms with E-state index in [0.29, 0.717) is 49.6 Å². The van der Waals surface area contributed by atoms with Gasteiger partial charge in [-0.3, -0.25) is 9.36 Å². The first-order chi connectivity index (χ1) is 21.3. The molecule has 0 radical (unpaired) electrons. The molecule has 2 aromatic carbocycles. The van der Waals surface area contributed by atoms with Crippen LogP contribution in [0.25, 0.3) is 11.3 Å². The van der Waals surface area contributed by atoms with Crippen molar-refractivity contribution in [2.24, 2.45) is 11.3 Å². The number of amides is 2. The number of hydrogen-bond acceptors (Lipinski definition) is 5. The molecule has 3 aliphatic rings. The van der Waals surface area contributed by atoms with Crippen LogP contribution in [0.1, 0.15) is 56.6 Å². The minimum atomic E-state index is -0.626. The minimum Gasteiger partial charge on any atom is -0.496 e. The summed E-state index contributed by atoms with van der Waals surface area (Å²) in [6, 6.07) is 12.3. The molecule has 1 spiro atoms. The van der Waals surface area contributed by atoms with E-state index in [1.807, 2.05) is 36.2 Å². The van der Waals surface area contributed by atoms with Crippen LogP contribution in [0, 0.1) is 23.0 Å². The Bertz CT molecular complexity index is 1560. The van der Waals surface area contributed by atoms with Crippen LogP contribution < -0.4 is 15.6 Å². The van der Waals surface area contributed by atoms with Gasteiger partial charge in [-0.05, 0) is 68.7 Å². The number of likely N-dealkylation sites (tertiary alicyclic amines) is 2. The summed E-state index contributed by atoms with van der Waals surface area (Å²) < 4.78 is 35.9. The molecule has 3 fully saturated rings. The molecule has 3 aromatic rings. The average Bonchev–Trinajstić information content (AvgIpc) is 3.50. The number of hydrogen-bond donors (Lipinski definition) is 1. The molecule has 1 aliphatic carbocycles. The predicted molar refractivity (Wildman–Crippen MR) is 164 cm³/mol. The first kappa shape index (κ1) is 30.2. The Morgan fingerprint density at radius 2 is 1.89 bits per heavy atom. The van der Waals surface area contributed by atoms with Crippen LogP contribution >= 0.6 is 0 Å². The third-order valence-electron chi connectivity index (χ3n) is 10.2. The number of benzene rings is 2. The second-order valence-corrected chi connectivity index (χ2v) is 12.6. The van der Waals surface area contributed by atoms with Gasteiger partial charge in [0.1, 0.15) is 17.4 Å². The van der Waals surface area contributed by atoms with Crippen molar-refractivity contribution in [3.63, 3.8) is 0 Å². The number of nitrogens with zero attached hydrogens (tertiary/aromatic N) is 4.